The molecule has 1 aromatic rings. The Balaban J connectivity index is 1.94. The van der Waals surface area contributed by atoms with Crippen LogP contribution in [-0.4, -0.2) is 36.5 Å². The van der Waals surface area contributed by atoms with Gasteiger partial charge in [0.05, 0.1) is 0 Å². The van der Waals surface area contributed by atoms with E-state index in [1.165, 1.54) is 18.2 Å². The van der Waals surface area contributed by atoms with Crippen molar-refractivity contribution in [1.82, 2.24) is 10.2 Å². The number of benzene rings is 1. The SMILES string of the molecule is NCCC(=O)NC1CCCN(Cc2c(F)cccc2F)C1. The van der Waals surface area contributed by atoms with Gasteiger partial charge < -0.3 is 11.1 Å². The second kappa shape index (κ2) is 7.47. The number of nitrogens with zero attached hydrogens (tertiary/aromatic N) is 1. The van der Waals surface area contributed by atoms with Gasteiger partial charge in [0.15, 0.2) is 0 Å². The third-order valence-corrected chi connectivity index (χ3v) is 3.69. The maximum Gasteiger partial charge on any atom is 0.221 e. The summed E-state index contributed by atoms with van der Waals surface area (Å²) in [5.74, 6) is -1.12. The van der Waals surface area contributed by atoms with E-state index in [1.54, 1.807) is 0 Å². The van der Waals surface area contributed by atoms with Gasteiger partial charge in [-0.25, -0.2) is 8.78 Å². The number of nitrogens with one attached hydrogen (secondary N) is 1. The maximum atomic E-state index is 13.7. The fourth-order valence-electron chi connectivity index (χ4n) is 2.65. The molecule has 1 fully saturated rings. The number of halogens is 2. The summed E-state index contributed by atoms with van der Waals surface area (Å²) < 4.78 is 27.3. The summed E-state index contributed by atoms with van der Waals surface area (Å²) in [5, 5.41) is 2.92. The summed E-state index contributed by atoms with van der Waals surface area (Å²) in [6, 6.07) is 3.92. The Labute approximate surface area is 123 Å². The number of nitrogens with two attached hydrogens (primary N) is 1. The van der Waals surface area contributed by atoms with Gasteiger partial charge in [-0.1, -0.05) is 6.07 Å². The van der Waals surface area contributed by atoms with E-state index in [4.69, 9.17) is 5.73 Å². The largest absolute Gasteiger partial charge is 0.352 e. The van der Waals surface area contributed by atoms with Gasteiger partial charge in [0.2, 0.25) is 5.91 Å². The molecule has 1 heterocycles. The van der Waals surface area contributed by atoms with Crippen molar-refractivity contribution in [3.8, 4) is 0 Å². The highest BCUT2D eigenvalue weighted by atomic mass is 19.1. The van der Waals surface area contributed by atoms with Crippen LogP contribution in [0, 0.1) is 11.6 Å². The first-order chi connectivity index (χ1) is 10.1. The molecule has 116 valence electrons. The Kier molecular flexibility index (Phi) is 5.64. The van der Waals surface area contributed by atoms with Crippen LogP contribution in [0.1, 0.15) is 24.8 Å². The van der Waals surface area contributed by atoms with Crippen LogP contribution in [0.15, 0.2) is 18.2 Å². The zero-order valence-electron chi connectivity index (χ0n) is 11.9. The number of rotatable bonds is 5. The molecular weight excluding hydrogens is 276 g/mol. The molecule has 0 bridgehead atoms. The minimum Gasteiger partial charge on any atom is -0.352 e. The van der Waals surface area contributed by atoms with Crippen LogP contribution in [-0.2, 0) is 11.3 Å². The van der Waals surface area contributed by atoms with Crippen molar-refractivity contribution in [1.29, 1.82) is 0 Å². The molecule has 0 saturated carbocycles. The molecule has 0 aliphatic carbocycles. The highest BCUT2D eigenvalue weighted by Gasteiger charge is 2.22. The third kappa shape index (κ3) is 4.47. The van der Waals surface area contributed by atoms with Crippen molar-refractivity contribution in [3.05, 3.63) is 35.4 Å². The molecule has 1 aliphatic rings. The van der Waals surface area contributed by atoms with E-state index in [1.807, 2.05) is 4.90 Å². The van der Waals surface area contributed by atoms with E-state index < -0.39 is 11.6 Å². The molecule has 6 heteroatoms. The van der Waals surface area contributed by atoms with Crippen molar-refractivity contribution in [3.63, 3.8) is 0 Å². The molecule has 21 heavy (non-hydrogen) atoms. The van der Waals surface area contributed by atoms with E-state index in [9.17, 15) is 13.6 Å². The molecule has 1 saturated heterocycles. The lowest BCUT2D eigenvalue weighted by molar-refractivity contribution is -0.122. The molecule has 1 amide bonds. The Morgan fingerprint density at radius 1 is 1.38 bits per heavy atom. The summed E-state index contributed by atoms with van der Waals surface area (Å²) in [6.45, 7) is 1.92. The number of hydrogen-bond acceptors (Lipinski definition) is 3. The monoisotopic (exact) mass is 297 g/mol. The molecule has 0 spiro atoms. The standard InChI is InChI=1S/C15H21F2N3O/c16-13-4-1-5-14(17)12(13)10-20-8-2-3-11(9-20)19-15(21)6-7-18/h1,4-5,11H,2-3,6-10,18H2,(H,19,21). The molecule has 3 N–H and O–H groups in total. The normalized spacial score (nSPS) is 19.5. The molecule has 1 aliphatic heterocycles. The Hall–Kier alpha value is -1.53. The minimum absolute atomic E-state index is 0.0210. The van der Waals surface area contributed by atoms with Gasteiger partial charge in [-0.2, -0.15) is 0 Å². The predicted molar refractivity (Wildman–Crippen MR) is 76.5 cm³/mol. The number of likely N-dealkylation sites (tertiary alicyclic amines) is 1. The van der Waals surface area contributed by atoms with E-state index >= 15 is 0 Å². The first-order valence-corrected chi connectivity index (χ1v) is 7.25. The smallest absolute Gasteiger partial charge is 0.221 e. The van der Waals surface area contributed by atoms with Crippen LogP contribution >= 0.6 is 0 Å². The fourth-order valence-corrected chi connectivity index (χ4v) is 2.65. The molecule has 0 radical (unpaired) electrons. The van der Waals surface area contributed by atoms with Crippen molar-refractivity contribution >= 4 is 5.91 Å². The molecule has 1 aromatic carbocycles. The number of amides is 1. The number of hydrogen-bond donors (Lipinski definition) is 2. The van der Waals surface area contributed by atoms with Crippen LogP contribution in [0.3, 0.4) is 0 Å². The van der Waals surface area contributed by atoms with Gasteiger partial charge in [0.1, 0.15) is 11.6 Å². The van der Waals surface area contributed by atoms with E-state index in [-0.39, 0.29) is 24.1 Å². The second-order valence-corrected chi connectivity index (χ2v) is 5.38. The predicted octanol–water partition coefficient (Wildman–Crippen LogP) is 1.39. The van der Waals surface area contributed by atoms with Crippen molar-refractivity contribution in [2.24, 2.45) is 5.73 Å². The van der Waals surface area contributed by atoms with Gasteiger partial charge in [-0.15, -0.1) is 0 Å². The van der Waals surface area contributed by atoms with Crippen molar-refractivity contribution < 1.29 is 13.6 Å². The molecule has 4 nitrogen and oxygen atoms in total. The quantitative estimate of drug-likeness (QED) is 0.863. The molecule has 0 aromatic heterocycles. The van der Waals surface area contributed by atoms with Crippen LogP contribution < -0.4 is 11.1 Å². The summed E-state index contributed by atoms with van der Waals surface area (Å²) in [6.07, 6.45) is 2.08. The summed E-state index contributed by atoms with van der Waals surface area (Å²) in [7, 11) is 0. The van der Waals surface area contributed by atoms with Crippen LogP contribution in [0.25, 0.3) is 0 Å². The number of carbonyl (C=O) groups is 1. The topological polar surface area (TPSA) is 58.4 Å². The maximum absolute atomic E-state index is 13.7. The first kappa shape index (κ1) is 15.9. The first-order valence-electron chi connectivity index (χ1n) is 7.25. The van der Waals surface area contributed by atoms with Crippen molar-refractivity contribution in [2.45, 2.75) is 31.8 Å². The number of piperidine rings is 1. The number of carbonyl (C=O) groups excluding carboxylic acids is 1. The molecular formula is C15H21F2N3O. The van der Waals surface area contributed by atoms with Crippen molar-refractivity contribution in [2.75, 3.05) is 19.6 Å². The average molecular weight is 297 g/mol. The molecule has 1 unspecified atom stereocenters. The highest BCUT2D eigenvalue weighted by Crippen LogP contribution is 2.18. The fraction of sp³-hybridized carbons (Fsp3) is 0.533. The minimum atomic E-state index is -0.524. The van der Waals surface area contributed by atoms with Gasteiger partial charge in [0, 0.05) is 37.7 Å². The van der Waals surface area contributed by atoms with Gasteiger partial charge in [0.25, 0.3) is 0 Å². The van der Waals surface area contributed by atoms with Crippen LogP contribution in [0.5, 0.6) is 0 Å². The van der Waals surface area contributed by atoms with Gasteiger partial charge in [-0.05, 0) is 31.5 Å². The van der Waals surface area contributed by atoms with Crippen LogP contribution in [0.4, 0.5) is 8.78 Å². The zero-order valence-corrected chi connectivity index (χ0v) is 11.9. The molecule has 2 rings (SSSR count). The average Bonchev–Trinajstić information content (AvgIpc) is 2.44. The Bertz CT molecular complexity index is 476. The third-order valence-electron chi connectivity index (χ3n) is 3.69. The summed E-state index contributed by atoms with van der Waals surface area (Å²) in [4.78, 5) is 13.5. The Morgan fingerprint density at radius 2 is 2.10 bits per heavy atom. The lowest BCUT2D eigenvalue weighted by Crippen LogP contribution is -2.47. The summed E-state index contributed by atoms with van der Waals surface area (Å²) in [5.41, 5.74) is 5.43. The summed E-state index contributed by atoms with van der Waals surface area (Å²) >= 11 is 0. The van der Waals surface area contributed by atoms with Crippen LogP contribution in [0.2, 0.25) is 0 Å². The zero-order chi connectivity index (χ0) is 15.2. The Morgan fingerprint density at radius 3 is 2.76 bits per heavy atom. The van der Waals surface area contributed by atoms with E-state index in [2.05, 4.69) is 5.32 Å². The lowest BCUT2D eigenvalue weighted by atomic mass is 10.0. The highest BCUT2D eigenvalue weighted by molar-refractivity contribution is 5.76. The molecule has 1 atom stereocenters. The van der Waals surface area contributed by atoms with E-state index in [0.29, 0.717) is 19.5 Å². The second-order valence-electron chi connectivity index (χ2n) is 5.38. The van der Waals surface area contributed by atoms with Gasteiger partial charge >= 0.3 is 0 Å². The van der Waals surface area contributed by atoms with E-state index in [0.717, 1.165) is 19.4 Å². The van der Waals surface area contributed by atoms with Gasteiger partial charge in [-0.3, -0.25) is 9.69 Å². The lowest BCUT2D eigenvalue weighted by Gasteiger charge is -2.33.